The number of piperidine rings is 1. The van der Waals surface area contributed by atoms with Crippen molar-refractivity contribution in [3.8, 4) is 0 Å². The van der Waals surface area contributed by atoms with E-state index >= 15 is 0 Å². The smallest absolute Gasteiger partial charge is 0.0625 e. The van der Waals surface area contributed by atoms with E-state index in [4.69, 9.17) is 0 Å². The first-order chi connectivity index (χ1) is 6.84. The highest BCUT2D eigenvalue weighted by atomic mass is 32.2. The minimum Gasteiger partial charge on any atom is -0.317 e. The lowest BCUT2D eigenvalue weighted by Gasteiger charge is -2.21. The van der Waals surface area contributed by atoms with Gasteiger partial charge in [0.05, 0.1) is 6.20 Å². The molecular formula is C10H17N3S. The average Bonchev–Trinajstić information content (AvgIpc) is 2.63. The largest absolute Gasteiger partial charge is 0.317 e. The molecule has 0 spiro atoms. The van der Waals surface area contributed by atoms with Gasteiger partial charge in [-0.2, -0.15) is 5.10 Å². The van der Waals surface area contributed by atoms with E-state index in [1.807, 2.05) is 29.7 Å². The minimum absolute atomic E-state index is 0.890. The summed E-state index contributed by atoms with van der Waals surface area (Å²) in [6.45, 7) is 2.39. The Balaban J connectivity index is 1.76. The predicted octanol–water partition coefficient (Wildman–Crippen LogP) is 1.51. The van der Waals surface area contributed by atoms with E-state index in [0.29, 0.717) is 0 Å². The number of aromatic nitrogens is 2. The van der Waals surface area contributed by atoms with Crippen molar-refractivity contribution >= 4 is 11.8 Å². The zero-order chi connectivity index (χ0) is 9.80. The molecule has 0 aromatic carbocycles. The summed E-state index contributed by atoms with van der Waals surface area (Å²) in [4.78, 5) is 1.30. The second-order valence-electron chi connectivity index (χ2n) is 3.85. The Morgan fingerprint density at radius 3 is 3.00 bits per heavy atom. The molecule has 0 amide bonds. The summed E-state index contributed by atoms with van der Waals surface area (Å²) in [7, 11) is 1.97. The standard InChI is InChI=1S/C10H17N3S/c1-13-7-10(6-12-13)14-8-9-2-4-11-5-3-9/h6-7,9,11H,2-5,8H2,1H3. The Hall–Kier alpha value is -0.480. The van der Waals surface area contributed by atoms with Crippen molar-refractivity contribution in [1.29, 1.82) is 0 Å². The van der Waals surface area contributed by atoms with Crippen LogP contribution in [0.3, 0.4) is 0 Å². The zero-order valence-electron chi connectivity index (χ0n) is 8.57. The molecule has 1 saturated heterocycles. The maximum absolute atomic E-state index is 4.16. The van der Waals surface area contributed by atoms with Gasteiger partial charge >= 0.3 is 0 Å². The van der Waals surface area contributed by atoms with Crippen LogP contribution in [0.4, 0.5) is 0 Å². The summed E-state index contributed by atoms with van der Waals surface area (Å²) >= 11 is 1.94. The van der Waals surface area contributed by atoms with E-state index < -0.39 is 0 Å². The summed E-state index contributed by atoms with van der Waals surface area (Å²) < 4.78 is 1.87. The molecule has 14 heavy (non-hydrogen) atoms. The summed E-state index contributed by atoms with van der Waals surface area (Å²) in [5, 5.41) is 7.56. The lowest BCUT2D eigenvalue weighted by molar-refractivity contribution is 0.408. The van der Waals surface area contributed by atoms with Gasteiger partial charge in [-0.3, -0.25) is 4.68 Å². The summed E-state index contributed by atoms with van der Waals surface area (Å²) in [5.74, 6) is 2.13. The van der Waals surface area contributed by atoms with Crippen molar-refractivity contribution in [2.24, 2.45) is 13.0 Å². The molecule has 2 heterocycles. The second kappa shape index (κ2) is 4.84. The number of thioether (sulfide) groups is 1. The molecule has 1 aromatic rings. The molecule has 3 nitrogen and oxygen atoms in total. The van der Waals surface area contributed by atoms with Crippen LogP contribution < -0.4 is 5.32 Å². The van der Waals surface area contributed by atoms with Gasteiger partial charge in [-0.25, -0.2) is 0 Å². The van der Waals surface area contributed by atoms with E-state index in [2.05, 4.69) is 16.6 Å². The van der Waals surface area contributed by atoms with Gasteiger partial charge in [0, 0.05) is 23.9 Å². The van der Waals surface area contributed by atoms with Crippen LogP contribution in [0.15, 0.2) is 17.3 Å². The fourth-order valence-corrected chi connectivity index (χ4v) is 2.85. The topological polar surface area (TPSA) is 29.9 Å². The van der Waals surface area contributed by atoms with Crippen LogP contribution in [0, 0.1) is 5.92 Å². The van der Waals surface area contributed by atoms with Gasteiger partial charge in [0.2, 0.25) is 0 Å². The van der Waals surface area contributed by atoms with Gasteiger partial charge in [-0.1, -0.05) is 0 Å². The van der Waals surface area contributed by atoms with E-state index in [1.54, 1.807) is 0 Å². The maximum Gasteiger partial charge on any atom is 0.0625 e. The fourth-order valence-electron chi connectivity index (χ4n) is 1.74. The molecule has 4 heteroatoms. The molecule has 1 fully saturated rings. The normalized spacial score (nSPS) is 18.6. The van der Waals surface area contributed by atoms with Gasteiger partial charge in [-0.15, -0.1) is 11.8 Å². The number of hydrogen-bond acceptors (Lipinski definition) is 3. The molecule has 0 aliphatic carbocycles. The maximum atomic E-state index is 4.16. The lowest BCUT2D eigenvalue weighted by Crippen LogP contribution is -2.28. The van der Waals surface area contributed by atoms with Gasteiger partial charge < -0.3 is 5.32 Å². The van der Waals surface area contributed by atoms with Crippen molar-refractivity contribution in [3.05, 3.63) is 12.4 Å². The van der Waals surface area contributed by atoms with Gasteiger partial charge in [-0.05, 0) is 31.8 Å². The SMILES string of the molecule is Cn1cc(SCC2CCNCC2)cn1. The third-order valence-corrected chi connectivity index (χ3v) is 3.81. The molecule has 1 aromatic heterocycles. The molecule has 1 aliphatic rings. The first-order valence-electron chi connectivity index (χ1n) is 5.17. The van der Waals surface area contributed by atoms with Crippen LogP contribution in [-0.4, -0.2) is 28.6 Å². The van der Waals surface area contributed by atoms with Crippen molar-refractivity contribution in [2.75, 3.05) is 18.8 Å². The molecule has 0 radical (unpaired) electrons. The molecule has 78 valence electrons. The fraction of sp³-hybridized carbons (Fsp3) is 0.700. The Labute approximate surface area is 89.3 Å². The van der Waals surface area contributed by atoms with Crippen LogP contribution in [0.2, 0.25) is 0 Å². The van der Waals surface area contributed by atoms with Crippen LogP contribution in [0.25, 0.3) is 0 Å². The monoisotopic (exact) mass is 211 g/mol. The van der Waals surface area contributed by atoms with Crippen LogP contribution >= 0.6 is 11.8 Å². The molecular weight excluding hydrogens is 194 g/mol. The van der Waals surface area contributed by atoms with Gasteiger partial charge in [0.1, 0.15) is 0 Å². The van der Waals surface area contributed by atoms with Crippen LogP contribution in [-0.2, 0) is 7.05 Å². The second-order valence-corrected chi connectivity index (χ2v) is 4.95. The number of nitrogens with one attached hydrogen (secondary N) is 1. The predicted molar refractivity (Wildman–Crippen MR) is 59.5 cm³/mol. The number of rotatable bonds is 3. The average molecular weight is 211 g/mol. The Morgan fingerprint density at radius 2 is 2.36 bits per heavy atom. The van der Waals surface area contributed by atoms with E-state index in [9.17, 15) is 0 Å². The molecule has 0 atom stereocenters. The van der Waals surface area contributed by atoms with E-state index in [-0.39, 0.29) is 0 Å². The Morgan fingerprint density at radius 1 is 1.57 bits per heavy atom. The minimum atomic E-state index is 0.890. The van der Waals surface area contributed by atoms with Crippen molar-refractivity contribution < 1.29 is 0 Å². The number of hydrogen-bond donors (Lipinski definition) is 1. The first-order valence-corrected chi connectivity index (χ1v) is 6.15. The highest BCUT2D eigenvalue weighted by molar-refractivity contribution is 7.99. The van der Waals surface area contributed by atoms with Crippen molar-refractivity contribution in [1.82, 2.24) is 15.1 Å². The molecule has 1 N–H and O–H groups in total. The van der Waals surface area contributed by atoms with E-state index in [1.165, 1.54) is 36.6 Å². The van der Waals surface area contributed by atoms with Crippen molar-refractivity contribution in [3.63, 3.8) is 0 Å². The van der Waals surface area contributed by atoms with E-state index in [0.717, 1.165) is 5.92 Å². The Kier molecular flexibility index (Phi) is 3.48. The van der Waals surface area contributed by atoms with Crippen LogP contribution in [0.1, 0.15) is 12.8 Å². The molecule has 2 rings (SSSR count). The number of nitrogens with zero attached hydrogens (tertiary/aromatic N) is 2. The Bertz CT molecular complexity index is 279. The molecule has 0 unspecified atom stereocenters. The highest BCUT2D eigenvalue weighted by Crippen LogP contribution is 2.23. The highest BCUT2D eigenvalue weighted by Gasteiger charge is 2.13. The summed E-state index contributed by atoms with van der Waals surface area (Å²) in [6.07, 6.45) is 6.69. The van der Waals surface area contributed by atoms with Crippen LogP contribution in [0.5, 0.6) is 0 Å². The first kappa shape index (κ1) is 10.1. The third kappa shape index (κ3) is 2.75. The zero-order valence-corrected chi connectivity index (χ0v) is 9.39. The molecule has 0 bridgehead atoms. The molecule has 0 saturated carbocycles. The molecule has 1 aliphatic heterocycles. The summed E-state index contributed by atoms with van der Waals surface area (Å²) in [5.41, 5.74) is 0. The third-order valence-electron chi connectivity index (χ3n) is 2.63. The van der Waals surface area contributed by atoms with Gasteiger partial charge in [0.15, 0.2) is 0 Å². The van der Waals surface area contributed by atoms with Crippen molar-refractivity contribution in [2.45, 2.75) is 17.7 Å². The quantitative estimate of drug-likeness (QED) is 0.769. The van der Waals surface area contributed by atoms with Gasteiger partial charge in [0.25, 0.3) is 0 Å². The summed E-state index contributed by atoms with van der Waals surface area (Å²) in [6, 6.07) is 0. The lowest BCUT2D eigenvalue weighted by atomic mass is 10.0. The number of aryl methyl sites for hydroxylation is 1.